The molecule has 0 aliphatic heterocycles. The summed E-state index contributed by atoms with van der Waals surface area (Å²) in [4.78, 5) is 46.6. The SMILES string of the molecule is Cc1c2cnccc2c(CN(C)C(=O)CCCCC(=O)N(C)Cc2c3ccncc3c(C)c3c2[nH]c2ccccc23)c2[nH]c3ccccc3c12. The predicted octanol–water partition coefficient (Wildman–Crippen LogP) is 8.85. The molecule has 0 atom stereocenters. The van der Waals surface area contributed by atoms with E-state index in [9.17, 15) is 9.59 Å². The van der Waals surface area contributed by atoms with Gasteiger partial charge in [0.2, 0.25) is 11.8 Å². The fraction of sp³-hybridized carbons (Fsp3) is 0.238. The molecule has 8 aromatic rings. The lowest BCUT2D eigenvalue weighted by molar-refractivity contribution is -0.132. The van der Waals surface area contributed by atoms with Crippen molar-refractivity contribution >= 4 is 77.0 Å². The van der Waals surface area contributed by atoms with Crippen LogP contribution in [0.15, 0.2) is 85.5 Å². The number of benzene rings is 4. The molecule has 8 heteroatoms. The minimum absolute atomic E-state index is 0.0683. The Balaban J connectivity index is 0.949. The number of para-hydroxylation sites is 2. The smallest absolute Gasteiger partial charge is 0.222 e. The van der Waals surface area contributed by atoms with Gasteiger partial charge in [0.1, 0.15) is 0 Å². The number of carbonyl (C=O) groups excluding carboxylic acids is 2. The molecule has 0 saturated heterocycles. The van der Waals surface area contributed by atoms with Gasteiger partial charge in [0.25, 0.3) is 0 Å². The van der Waals surface area contributed by atoms with Gasteiger partial charge >= 0.3 is 0 Å². The quantitative estimate of drug-likeness (QED) is 0.151. The first-order chi connectivity index (χ1) is 24.3. The zero-order valence-electron chi connectivity index (χ0n) is 28.9. The maximum atomic E-state index is 13.4. The second-order valence-corrected chi connectivity index (χ2v) is 13.6. The van der Waals surface area contributed by atoms with Crippen molar-refractivity contribution in [3.05, 3.63) is 108 Å². The summed E-state index contributed by atoms with van der Waals surface area (Å²) in [6.07, 6.45) is 9.55. The molecule has 0 aliphatic carbocycles. The van der Waals surface area contributed by atoms with Gasteiger partial charge in [-0.05, 0) is 72.9 Å². The Hall–Kier alpha value is -5.76. The molecule has 50 heavy (non-hydrogen) atoms. The van der Waals surface area contributed by atoms with E-state index in [2.05, 4.69) is 70.2 Å². The fourth-order valence-corrected chi connectivity index (χ4v) is 7.88. The standard InChI is InChI=1S/C42H40N6O2/c1-25-31-21-43-19-17-27(31)33(41-39(25)29-11-5-7-13-35(29)45-41)23-47(3)37(49)15-9-10-16-38(50)48(4)24-34-28-18-20-44-22-32(28)26(2)40-30-12-6-8-14-36(30)46-42(34)40/h5-8,11-14,17-22,45-46H,9-10,15-16,23-24H2,1-4H3. The Morgan fingerprint density at radius 3 is 1.44 bits per heavy atom. The van der Waals surface area contributed by atoms with Crippen LogP contribution in [0.25, 0.3) is 65.2 Å². The van der Waals surface area contributed by atoms with E-state index in [1.807, 2.05) is 72.9 Å². The third-order valence-corrected chi connectivity index (χ3v) is 10.5. The molecule has 0 aliphatic rings. The maximum absolute atomic E-state index is 13.4. The number of aromatic nitrogens is 4. The van der Waals surface area contributed by atoms with Gasteiger partial charge in [0.05, 0.1) is 11.0 Å². The molecule has 0 unspecified atom stereocenters. The van der Waals surface area contributed by atoms with E-state index in [0.717, 1.165) is 54.7 Å². The van der Waals surface area contributed by atoms with Gasteiger partial charge in [-0.1, -0.05) is 36.4 Å². The second kappa shape index (κ2) is 12.6. The number of hydrogen-bond donors (Lipinski definition) is 2. The van der Waals surface area contributed by atoms with Gasteiger partial charge in [-0.3, -0.25) is 19.6 Å². The van der Waals surface area contributed by atoms with E-state index >= 15 is 0 Å². The minimum Gasteiger partial charge on any atom is -0.354 e. The normalized spacial score (nSPS) is 11.8. The fourth-order valence-electron chi connectivity index (χ4n) is 7.88. The van der Waals surface area contributed by atoms with Crippen molar-refractivity contribution in [3.63, 3.8) is 0 Å². The van der Waals surface area contributed by atoms with Gasteiger partial charge in [-0.15, -0.1) is 0 Å². The summed E-state index contributed by atoms with van der Waals surface area (Å²) in [5, 5.41) is 9.12. The van der Waals surface area contributed by atoms with Gasteiger partial charge in [0, 0.05) is 119 Å². The van der Waals surface area contributed by atoms with E-state index in [1.165, 1.54) is 32.7 Å². The molecule has 0 radical (unpaired) electrons. The number of nitrogens with one attached hydrogen (secondary N) is 2. The molecule has 0 saturated carbocycles. The molecular weight excluding hydrogens is 621 g/mol. The molecular formula is C42H40N6O2. The van der Waals surface area contributed by atoms with Crippen LogP contribution in [-0.2, 0) is 22.7 Å². The summed E-state index contributed by atoms with van der Waals surface area (Å²) in [6, 6.07) is 20.8. The van der Waals surface area contributed by atoms with Crippen LogP contribution in [0, 0.1) is 13.8 Å². The summed E-state index contributed by atoms with van der Waals surface area (Å²) in [5.74, 6) is 0.137. The molecule has 250 valence electrons. The monoisotopic (exact) mass is 660 g/mol. The average molecular weight is 661 g/mol. The largest absolute Gasteiger partial charge is 0.354 e. The highest BCUT2D eigenvalue weighted by atomic mass is 16.2. The second-order valence-electron chi connectivity index (χ2n) is 13.6. The number of nitrogens with zero attached hydrogens (tertiary/aromatic N) is 4. The Kier molecular flexibility index (Phi) is 7.94. The predicted molar refractivity (Wildman–Crippen MR) is 203 cm³/mol. The summed E-state index contributed by atoms with van der Waals surface area (Å²) in [5.41, 5.74) is 8.85. The van der Waals surface area contributed by atoms with Crippen LogP contribution in [0.3, 0.4) is 0 Å². The number of carbonyl (C=O) groups is 2. The highest BCUT2D eigenvalue weighted by Gasteiger charge is 2.21. The summed E-state index contributed by atoms with van der Waals surface area (Å²) >= 11 is 0. The van der Waals surface area contributed by atoms with E-state index < -0.39 is 0 Å². The van der Waals surface area contributed by atoms with Crippen LogP contribution in [0.4, 0.5) is 0 Å². The van der Waals surface area contributed by atoms with Crippen LogP contribution in [0.5, 0.6) is 0 Å². The average Bonchev–Trinajstić information content (AvgIpc) is 3.73. The highest BCUT2D eigenvalue weighted by Crippen LogP contribution is 2.38. The van der Waals surface area contributed by atoms with Crippen molar-refractivity contribution < 1.29 is 9.59 Å². The molecule has 0 spiro atoms. The number of unbranched alkanes of at least 4 members (excludes halogenated alkanes) is 1. The van der Waals surface area contributed by atoms with Crippen LogP contribution in [0.1, 0.15) is 47.9 Å². The lowest BCUT2D eigenvalue weighted by Crippen LogP contribution is -2.27. The Morgan fingerprint density at radius 2 is 1.00 bits per heavy atom. The lowest BCUT2D eigenvalue weighted by Gasteiger charge is -2.21. The van der Waals surface area contributed by atoms with Gasteiger partial charge in [-0.2, -0.15) is 0 Å². The number of amides is 2. The molecule has 4 aromatic heterocycles. The zero-order chi connectivity index (χ0) is 34.5. The first kappa shape index (κ1) is 31.5. The molecule has 0 bridgehead atoms. The number of rotatable bonds is 9. The van der Waals surface area contributed by atoms with Gasteiger partial charge in [-0.25, -0.2) is 0 Å². The number of aromatic amines is 2. The summed E-state index contributed by atoms with van der Waals surface area (Å²) in [6.45, 7) is 5.25. The van der Waals surface area contributed by atoms with Crippen LogP contribution >= 0.6 is 0 Å². The van der Waals surface area contributed by atoms with Crippen LogP contribution in [-0.4, -0.2) is 55.6 Å². The minimum atomic E-state index is 0.0683. The number of pyridine rings is 2. The van der Waals surface area contributed by atoms with E-state index in [4.69, 9.17) is 0 Å². The summed E-state index contributed by atoms with van der Waals surface area (Å²) < 4.78 is 0. The van der Waals surface area contributed by atoms with Crippen molar-refractivity contribution in [1.29, 1.82) is 0 Å². The van der Waals surface area contributed by atoms with Crippen LogP contribution < -0.4 is 0 Å². The topological polar surface area (TPSA) is 98.0 Å². The van der Waals surface area contributed by atoms with E-state index in [0.29, 0.717) is 38.8 Å². The van der Waals surface area contributed by atoms with Gasteiger partial charge in [0.15, 0.2) is 0 Å². The zero-order valence-corrected chi connectivity index (χ0v) is 28.9. The number of aryl methyl sites for hydroxylation is 2. The third kappa shape index (κ3) is 5.23. The van der Waals surface area contributed by atoms with Crippen LogP contribution in [0.2, 0.25) is 0 Å². The molecule has 0 fully saturated rings. The van der Waals surface area contributed by atoms with Crippen molar-refractivity contribution in [2.24, 2.45) is 0 Å². The highest BCUT2D eigenvalue weighted by molar-refractivity contribution is 6.17. The Labute approximate surface area is 290 Å². The molecule has 8 nitrogen and oxygen atoms in total. The van der Waals surface area contributed by atoms with Crippen molar-refractivity contribution in [2.45, 2.75) is 52.6 Å². The first-order valence-electron chi connectivity index (χ1n) is 17.3. The summed E-state index contributed by atoms with van der Waals surface area (Å²) in [7, 11) is 3.74. The molecule has 4 aromatic carbocycles. The van der Waals surface area contributed by atoms with E-state index in [-0.39, 0.29) is 11.8 Å². The molecule has 2 amide bonds. The van der Waals surface area contributed by atoms with E-state index in [1.54, 1.807) is 0 Å². The number of hydrogen-bond acceptors (Lipinski definition) is 4. The van der Waals surface area contributed by atoms with Crippen molar-refractivity contribution in [1.82, 2.24) is 29.7 Å². The molecule has 8 rings (SSSR count). The van der Waals surface area contributed by atoms with Crippen molar-refractivity contribution in [2.75, 3.05) is 14.1 Å². The van der Waals surface area contributed by atoms with Crippen molar-refractivity contribution in [3.8, 4) is 0 Å². The molecule has 4 heterocycles. The number of fused-ring (bicyclic) bond motifs is 8. The Bertz CT molecular complexity index is 2430. The third-order valence-electron chi connectivity index (χ3n) is 10.5. The first-order valence-corrected chi connectivity index (χ1v) is 17.3. The lowest BCUT2D eigenvalue weighted by atomic mass is 9.96. The molecule has 2 N–H and O–H groups in total. The Morgan fingerprint density at radius 1 is 0.580 bits per heavy atom. The maximum Gasteiger partial charge on any atom is 0.222 e. The van der Waals surface area contributed by atoms with Gasteiger partial charge < -0.3 is 19.8 Å². The number of H-pyrrole nitrogens is 2.